The molecular weight excluding hydrogens is 239 g/mol. The highest BCUT2D eigenvalue weighted by atomic mass is 19.1. The van der Waals surface area contributed by atoms with Crippen LogP contribution in [-0.2, 0) is 12.8 Å². The van der Waals surface area contributed by atoms with Gasteiger partial charge in [-0.1, -0.05) is 30.3 Å². The van der Waals surface area contributed by atoms with Crippen molar-refractivity contribution in [1.82, 2.24) is 0 Å². The molecule has 1 N–H and O–H groups in total. The molecule has 3 heteroatoms. The summed E-state index contributed by atoms with van der Waals surface area (Å²) in [5, 5.41) is 12.3. The maximum Gasteiger partial charge on any atom is 0.143 e. The number of halogens is 1. The highest BCUT2D eigenvalue weighted by Crippen LogP contribution is 2.26. The van der Waals surface area contributed by atoms with Gasteiger partial charge in [-0.15, -0.1) is 0 Å². The number of benzene rings is 2. The van der Waals surface area contributed by atoms with E-state index >= 15 is 0 Å². The van der Waals surface area contributed by atoms with Gasteiger partial charge in [-0.3, -0.25) is 0 Å². The quantitative estimate of drug-likeness (QED) is 0.890. The summed E-state index contributed by atoms with van der Waals surface area (Å²) in [6.07, 6.45) is 1.83. The molecule has 0 spiro atoms. The van der Waals surface area contributed by atoms with E-state index in [0.717, 1.165) is 12.8 Å². The molecule has 0 bridgehead atoms. The first-order valence-electron chi connectivity index (χ1n) is 6.30. The molecule has 2 aromatic rings. The van der Waals surface area contributed by atoms with Crippen LogP contribution in [0, 0.1) is 17.1 Å². The molecule has 3 rings (SSSR count). The highest BCUT2D eigenvalue weighted by molar-refractivity contribution is 5.59. The summed E-state index contributed by atoms with van der Waals surface area (Å²) in [4.78, 5) is 0. The lowest BCUT2D eigenvalue weighted by Crippen LogP contribution is -2.20. The smallest absolute Gasteiger partial charge is 0.143 e. The number of rotatable bonds is 2. The molecule has 94 valence electrons. The van der Waals surface area contributed by atoms with E-state index in [4.69, 9.17) is 5.26 Å². The minimum absolute atomic E-state index is 0.0958. The number of nitrogens with zero attached hydrogens (tertiary/aromatic N) is 1. The third-order valence-electron chi connectivity index (χ3n) is 3.54. The third-order valence-corrected chi connectivity index (χ3v) is 3.54. The van der Waals surface area contributed by atoms with Crippen LogP contribution in [-0.4, -0.2) is 6.04 Å². The normalized spacial score (nSPS) is 13.9. The zero-order chi connectivity index (χ0) is 13.2. The first kappa shape index (κ1) is 11.7. The van der Waals surface area contributed by atoms with Gasteiger partial charge in [-0.2, -0.15) is 5.26 Å². The summed E-state index contributed by atoms with van der Waals surface area (Å²) in [6.45, 7) is 0. The van der Waals surface area contributed by atoms with E-state index in [2.05, 4.69) is 17.4 Å². The maximum atomic E-state index is 13.5. The lowest BCUT2D eigenvalue weighted by atomic mass is 10.1. The Kier molecular flexibility index (Phi) is 2.92. The van der Waals surface area contributed by atoms with Crippen molar-refractivity contribution in [2.24, 2.45) is 0 Å². The minimum Gasteiger partial charge on any atom is -0.380 e. The van der Waals surface area contributed by atoms with Crippen LogP contribution < -0.4 is 5.32 Å². The number of hydrogen-bond donors (Lipinski definition) is 1. The molecule has 0 heterocycles. The number of fused-ring (bicyclic) bond motifs is 1. The molecular formula is C16H13FN2. The summed E-state index contributed by atoms with van der Waals surface area (Å²) < 4.78 is 13.5. The molecule has 0 fully saturated rings. The van der Waals surface area contributed by atoms with Gasteiger partial charge in [0.2, 0.25) is 0 Å². The zero-order valence-electron chi connectivity index (χ0n) is 10.4. The Balaban J connectivity index is 1.82. The second-order valence-corrected chi connectivity index (χ2v) is 4.79. The molecule has 0 amide bonds. The van der Waals surface area contributed by atoms with Crippen LogP contribution in [0.3, 0.4) is 0 Å². The van der Waals surface area contributed by atoms with E-state index in [0.29, 0.717) is 5.69 Å². The number of anilines is 1. The van der Waals surface area contributed by atoms with Crippen LogP contribution in [0.4, 0.5) is 10.1 Å². The fourth-order valence-corrected chi connectivity index (χ4v) is 2.64. The summed E-state index contributed by atoms with van der Waals surface area (Å²) in [5.41, 5.74) is 3.34. The van der Waals surface area contributed by atoms with Gasteiger partial charge >= 0.3 is 0 Å². The van der Waals surface area contributed by atoms with E-state index in [1.807, 2.05) is 18.2 Å². The Labute approximate surface area is 111 Å². The summed E-state index contributed by atoms with van der Waals surface area (Å²) in [5.74, 6) is -0.469. The second kappa shape index (κ2) is 4.74. The summed E-state index contributed by atoms with van der Waals surface area (Å²) in [6, 6.07) is 15.1. The highest BCUT2D eigenvalue weighted by Gasteiger charge is 2.21. The van der Waals surface area contributed by atoms with Crippen LogP contribution in [0.25, 0.3) is 0 Å². The monoisotopic (exact) mass is 252 g/mol. The van der Waals surface area contributed by atoms with Crippen molar-refractivity contribution in [3.63, 3.8) is 0 Å². The maximum absolute atomic E-state index is 13.5. The topological polar surface area (TPSA) is 35.8 Å². The first-order chi connectivity index (χ1) is 9.28. The van der Waals surface area contributed by atoms with Crippen LogP contribution in [0.2, 0.25) is 0 Å². The molecule has 0 radical (unpaired) electrons. The average Bonchev–Trinajstić information content (AvgIpc) is 2.81. The average molecular weight is 252 g/mol. The van der Waals surface area contributed by atoms with Crippen molar-refractivity contribution < 1.29 is 4.39 Å². The van der Waals surface area contributed by atoms with Gasteiger partial charge in [0, 0.05) is 6.04 Å². The number of nitriles is 1. The van der Waals surface area contributed by atoms with Gasteiger partial charge < -0.3 is 5.32 Å². The van der Waals surface area contributed by atoms with Crippen molar-refractivity contribution in [3.05, 3.63) is 65.0 Å². The van der Waals surface area contributed by atoms with Gasteiger partial charge in [0.05, 0.1) is 5.69 Å². The Bertz CT molecular complexity index is 633. The molecule has 0 saturated heterocycles. The Morgan fingerprint density at radius 1 is 1.05 bits per heavy atom. The van der Waals surface area contributed by atoms with E-state index < -0.39 is 5.82 Å². The molecule has 0 saturated carbocycles. The molecule has 2 nitrogen and oxygen atoms in total. The van der Waals surface area contributed by atoms with Crippen molar-refractivity contribution in [1.29, 1.82) is 5.26 Å². The molecule has 0 unspecified atom stereocenters. The van der Waals surface area contributed by atoms with Crippen LogP contribution in [0.1, 0.15) is 16.7 Å². The second-order valence-electron chi connectivity index (χ2n) is 4.79. The van der Waals surface area contributed by atoms with Crippen LogP contribution in [0.5, 0.6) is 0 Å². The fraction of sp³-hybridized carbons (Fsp3) is 0.188. The van der Waals surface area contributed by atoms with E-state index in [1.54, 1.807) is 12.1 Å². The van der Waals surface area contributed by atoms with Crippen molar-refractivity contribution in [2.75, 3.05) is 5.32 Å². The summed E-state index contributed by atoms with van der Waals surface area (Å²) in [7, 11) is 0. The predicted molar refractivity (Wildman–Crippen MR) is 72.4 cm³/mol. The lowest BCUT2D eigenvalue weighted by Gasteiger charge is -2.14. The van der Waals surface area contributed by atoms with Crippen molar-refractivity contribution in [2.45, 2.75) is 18.9 Å². The zero-order valence-corrected chi connectivity index (χ0v) is 10.4. The van der Waals surface area contributed by atoms with Gasteiger partial charge in [0.1, 0.15) is 17.4 Å². The van der Waals surface area contributed by atoms with Gasteiger partial charge in [-0.05, 0) is 36.1 Å². The molecule has 19 heavy (non-hydrogen) atoms. The van der Waals surface area contributed by atoms with E-state index in [1.165, 1.54) is 17.2 Å². The predicted octanol–water partition coefficient (Wildman–Crippen LogP) is 3.28. The van der Waals surface area contributed by atoms with Gasteiger partial charge in [-0.25, -0.2) is 4.39 Å². The first-order valence-corrected chi connectivity index (χ1v) is 6.30. The molecule has 1 aliphatic carbocycles. The Hall–Kier alpha value is -2.34. The van der Waals surface area contributed by atoms with Crippen LogP contribution >= 0.6 is 0 Å². The Morgan fingerprint density at radius 3 is 2.37 bits per heavy atom. The van der Waals surface area contributed by atoms with Crippen molar-refractivity contribution >= 4 is 5.69 Å². The summed E-state index contributed by atoms with van der Waals surface area (Å²) >= 11 is 0. The number of nitrogens with one attached hydrogen (secondary N) is 1. The molecule has 0 aliphatic heterocycles. The molecule has 2 aromatic carbocycles. The van der Waals surface area contributed by atoms with Crippen molar-refractivity contribution in [3.8, 4) is 6.07 Å². The van der Waals surface area contributed by atoms with Crippen LogP contribution in [0.15, 0.2) is 42.5 Å². The fourth-order valence-electron chi connectivity index (χ4n) is 2.64. The molecule has 0 atom stereocenters. The third kappa shape index (κ3) is 2.17. The Morgan fingerprint density at radius 2 is 1.74 bits per heavy atom. The van der Waals surface area contributed by atoms with Gasteiger partial charge in [0.25, 0.3) is 0 Å². The SMILES string of the molecule is N#Cc1c(F)cccc1NC1Cc2ccccc2C1. The molecule has 0 aromatic heterocycles. The molecule has 1 aliphatic rings. The lowest BCUT2D eigenvalue weighted by molar-refractivity contribution is 0.623. The van der Waals surface area contributed by atoms with E-state index in [9.17, 15) is 4.39 Å². The van der Waals surface area contributed by atoms with E-state index in [-0.39, 0.29) is 11.6 Å². The number of hydrogen-bond acceptors (Lipinski definition) is 2. The minimum atomic E-state index is -0.469. The van der Waals surface area contributed by atoms with Gasteiger partial charge in [0.15, 0.2) is 0 Å². The standard InChI is InChI=1S/C16H13FN2/c17-15-6-3-7-16(14(15)10-18)19-13-8-11-4-1-2-5-12(11)9-13/h1-7,13,19H,8-9H2. The largest absolute Gasteiger partial charge is 0.380 e.